The van der Waals surface area contributed by atoms with Gasteiger partial charge in [-0.15, -0.1) is 0 Å². The van der Waals surface area contributed by atoms with Crippen molar-refractivity contribution in [1.82, 2.24) is 15.1 Å². The number of unbranched alkanes of at least 4 members (excludes halogenated alkanes) is 1. The van der Waals surface area contributed by atoms with Crippen LogP contribution in [0.5, 0.6) is 0 Å². The second kappa shape index (κ2) is 6.90. The summed E-state index contributed by atoms with van der Waals surface area (Å²) in [6.45, 7) is 3.28. The van der Waals surface area contributed by atoms with E-state index < -0.39 is 0 Å². The SMILES string of the molecule is CSCCCCNC(C)c1ccnn1C. The number of hydrogen-bond donors (Lipinski definition) is 1. The lowest BCUT2D eigenvalue weighted by Crippen LogP contribution is -2.22. The first-order chi connectivity index (χ1) is 7.25. The Morgan fingerprint density at radius 3 is 2.93 bits per heavy atom. The lowest BCUT2D eigenvalue weighted by molar-refractivity contribution is 0.519. The monoisotopic (exact) mass is 227 g/mol. The van der Waals surface area contributed by atoms with Crippen molar-refractivity contribution < 1.29 is 0 Å². The molecule has 3 nitrogen and oxygen atoms in total. The molecule has 0 aliphatic carbocycles. The largest absolute Gasteiger partial charge is 0.309 e. The van der Waals surface area contributed by atoms with E-state index >= 15 is 0 Å². The van der Waals surface area contributed by atoms with Crippen molar-refractivity contribution in [2.75, 3.05) is 18.6 Å². The van der Waals surface area contributed by atoms with E-state index in [9.17, 15) is 0 Å². The van der Waals surface area contributed by atoms with E-state index in [1.807, 2.05) is 29.7 Å². The number of thioether (sulfide) groups is 1. The minimum absolute atomic E-state index is 0.395. The molecule has 1 N–H and O–H groups in total. The summed E-state index contributed by atoms with van der Waals surface area (Å²) >= 11 is 1.92. The highest BCUT2D eigenvalue weighted by molar-refractivity contribution is 7.98. The quantitative estimate of drug-likeness (QED) is 0.724. The van der Waals surface area contributed by atoms with E-state index in [0.29, 0.717) is 6.04 Å². The van der Waals surface area contributed by atoms with Crippen molar-refractivity contribution in [2.45, 2.75) is 25.8 Å². The Balaban J connectivity index is 2.19. The molecule has 1 heterocycles. The van der Waals surface area contributed by atoms with Crippen LogP contribution in [0, 0.1) is 0 Å². The lowest BCUT2D eigenvalue weighted by atomic mass is 10.2. The maximum Gasteiger partial charge on any atom is 0.0547 e. The topological polar surface area (TPSA) is 29.9 Å². The first-order valence-corrected chi connectivity index (χ1v) is 6.85. The molecule has 0 bridgehead atoms. The molecular formula is C11H21N3S. The predicted molar refractivity (Wildman–Crippen MR) is 67.2 cm³/mol. The molecule has 0 amide bonds. The number of nitrogens with zero attached hydrogens (tertiary/aromatic N) is 2. The van der Waals surface area contributed by atoms with Gasteiger partial charge in [0.05, 0.1) is 5.69 Å². The smallest absolute Gasteiger partial charge is 0.0547 e. The first kappa shape index (κ1) is 12.6. The number of hydrogen-bond acceptors (Lipinski definition) is 3. The van der Waals surface area contributed by atoms with Gasteiger partial charge in [0, 0.05) is 19.3 Å². The highest BCUT2D eigenvalue weighted by Crippen LogP contribution is 2.10. The predicted octanol–water partition coefficient (Wildman–Crippen LogP) is 2.21. The molecule has 1 aromatic rings. The zero-order valence-corrected chi connectivity index (χ0v) is 10.7. The van der Waals surface area contributed by atoms with Crippen LogP contribution in [0.2, 0.25) is 0 Å². The van der Waals surface area contributed by atoms with Crippen LogP contribution in [0.3, 0.4) is 0 Å². The van der Waals surface area contributed by atoms with Gasteiger partial charge >= 0.3 is 0 Å². The molecule has 1 rings (SSSR count). The molecule has 4 heteroatoms. The fourth-order valence-corrected chi connectivity index (χ4v) is 2.10. The van der Waals surface area contributed by atoms with Crippen molar-refractivity contribution in [3.63, 3.8) is 0 Å². The van der Waals surface area contributed by atoms with Crippen molar-refractivity contribution >= 4 is 11.8 Å². The van der Waals surface area contributed by atoms with Gasteiger partial charge < -0.3 is 5.32 Å². The van der Waals surface area contributed by atoms with E-state index in [1.54, 1.807) is 0 Å². The maximum atomic E-state index is 4.17. The first-order valence-electron chi connectivity index (χ1n) is 5.46. The van der Waals surface area contributed by atoms with Gasteiger partial charge in [0.1, 0.15) is 0 Å². The average molecular weight is 227 g/mol. The third-order valence-corrected chi connectivity index (χ3v) is 3.23. The number of aryl methyl sites for hydroxylation is 1. The molecule has 1 atom stereocenters. The van der Waals surface area contributed by atoms with Crippen molar-refractivity contribution in [1.29, 1.82) is 0 Å². The van der Waals surface area contributed by atoms with Crippen LogP contribution in [0.4, 0.5) is 0 Å². The fraction of sp³-hybridized carbons (Fsp3) is 0.727. The summed E-state index contributed by atoms with van der Waals surface area (Å²) in [7, 11) is 1.99. The van der Waals surface area contributed by atoms with E-state index in [-0.39, 0.29) is 0 Å². The Kier molecular flexibility index (Phi) is 5.79. The molecular weight excluding hydrogens is 206 g/mol. The Labute approximate surface area is 96.6 Å². The van der Waals surface area contributed by atoms with E-state index in [2.05, 4.69) is 29.7 Å². The van der Waals surface area contributed by atoms with Gasteiger partial charge in [-0.2, -0.15) is 16.9 Å². The summed E-state index contributed by atoms with van der Waals surface area (Å²) in [5.74, 6) is 1.27. The summed E-state index contributed by atoms with van der Waals surface area (Å²) in [4.78, 5) is 0. The molecule has 0 aromatic carbocycles. The Bertz CT molecular complexity index is 273. The zero-order chi connectivity index (χ0) is 11.1. The van der Waals surface area contributed by atoms with Crippen LogP contribution >= 0.6 is 11.8 Å². The summed E-state index contributed by atoms with van der Waals surface area (Å²) < 4.78 is 1.93. The second-order valence-electron chi connectivity index (χ2n) is 3.76. The number of nitrogens with one attached hydrogen (secondary N) is 1. The molecule has 0 spiro atoms. The van der Waals surface area contributed by atoms with Crippen LogP contribution in [0.25, 0.3) is 0 Å². The number of aromatic nitrogens is 2. The van der Waals surface area contributed by atoms with Gasteiger partial charge in [0.2, 0.25) is 0 Å². The van der Waals surface area contributed by atoms with Gasteiger partial charge in [-0.05, 0) is 44.4 Å². The normalized spacial score (nSPS) is 13.0. The summed E-state index contributed by atoms with van der Waals surface area (Å²) in [6, 6.07) is 2.46. The third kappa shape index (κ3) is 4.26. The Hall–Kier alpha value is -0.480. The summed E-state index contributed by atoms with van der Waals surface area (Å²) in [5, 5.41) is 7.68. The highest BCUT2D eigenvalue weighted by Gasteiger charge is 2.07. The molecule has 15 heavy (non-hydrogen) atoms. The van der Waals surface area contributed by atoms with Gasteiger partial charge in [-0.25, -0.2) is 0 Å². The number of rotatable bonds is 7. The van der Waals surface area contributed by atoms with Gasteiger partial charge in [-0.1, -0.05) is 0 Å². The molecule has 0 saturated heterocycles. The summed E-state index contributed by atoms with van der Waals surface area (Å²) in [5.41, 5.74) is 1.25. The van der Waals surface area contributed by atoms with Crippen LogP contribution in [-0.2, 0) is 7.05 Å². The van der Waals surface area contributed by atoms with Crippen molar-refractivity contribution in [3.8, 4) is 0 Å². The minimum atomic E-state index is 0.395. The van der Waals surface area contributed by atoms with Gasteiger partial charge in [0.15, 0.2) is 0 Å². The fourth-order valence-electron chi connectivity index (χ4n) is 1.60. The Morgan fingerprint density at radius 2 is 2.33 bits per heavy atom. The summed E-state index contributed by atoms with van der Waals surface area (Å²) in [6.07, 6.45) is 6.56. The molecule has 86 valence electrons. The van der Waals surface area contributed by atoms with E-state index in [0.717, 1.165) is 6.54 Å². The molecule has 1 unspecified atom stereocenters. The van der Waals surface area contributed by atoms with Gasteiger partial charge in [0.25, 0.3) is 0 Å². The molecule has 0 radical (unpaired) electrons. The lowest BCUT2D eigenvalue weighted by Gasteiger charge is -2.13. The van der Waals surface area contributed by atoms with Crippen LogP contribution < -0.4 is 5.32 Å². The zero-order valence-electron chi connectivity index (χ0n) is 9.86. The standard InChI is InChI=1S/C11H21N3S/c1-10(11-6-8-13-14(11)2)12-7-4-5-9-15-3/h6,8,10,12H,4-5,7,9H2,1-3H3. The van der Waals surface area contributed by atoms with Gasteiger partial charge in [-0.3, -0.25) is 4.68 Å². The average Bonchev–Trinajstić information content (AvgIpc) is 2.64. The molecule has 0 aliphatic rings. The Morgan fingerprint density at radius 1 is 1.53 bits per heavy atom. The second-order valence-corrected chi connectivity index (χ2v) is 4.74. The highest BCUT2D eigenvalue weighted by atomic mass is 32.2. The van der Waals surface area contributed by atoms with Crippen LogP contribution in [0.1, 0.15) is 31.5 Å². The minimum Gasteiger partial charge on any atom is -0.309 e. The molecule has 0 fully saturated rings. The molecule has 0 saturated carbocycles. The van der Waals surface area contributed by atoms with Crippen LogP contribution in [-0.4, -0.2) is 28.3 Å². The van der Waals surface area contributed by atoms with Crippen molar-refractivity contribution in [3.05, 3.63) is 18.0 Å². The van der Waals surface area contributed by atoms with Crippen molar-refractivity contribution in [2.24, 2.45) is 7.05 Å². The maximum absolute atomic E-state index is 4.17. The molecule has 0 aliphatic heterocycles. The third-order valence-electron chi connectivity index (χ3n) is 2.53. The van der Waals surface area contributed by atoms with E-state index in [4.69, 9.17) is 0 Å². The van der Waals surface area contributed by atoms with Crippen LogP contribution in [0.15, 0.2) is 12.3 Å². The van der Waals surface area contributed by atoms with E-state index in [1.165, 1.54) is 24.3 Å². The molecule has 1 aromatic heterocycles.